The number of nitrogens with one attached hydrogen (secondary N) is 2. The number of aromatic nitrogens is 2. The van der Waals surface area contributed by atoms with Gasteiger partial charge in [0, 0.05) is 33.2 Å². The number of para-hydroxylation sites is 1. The Hall–Kier alpha value is -1.59. The Bertz CT molecular complexity index is 637. The fourth-order valence-corrected chi connectivity index (χ4v) is 3.02. The first-order valence-corrected chi connectivity index (χ1v) is 7.35. The third kappa shape index (κ3) is 2.64. The summed E-state index contributed by atoms with van der Waals surface area (Å²) >= 11 is 0. The quantitative estimate of drug-likeness (QED) is 0.863. The van der Waals surface area contributed by atoms with E-state index in [0.29, 0.717) is 0 Å². The van der Waals surface area contributed by atoms with Crippen molar-refractivity contribution in [2.75, 3.05) is 32.7 Å². The number of imidazole rings is 1. The highest BCUT2D eigenvalue weighted by Gasteiger charge is 2.11. The summed E-state index contributed by atoms with van der Waals surface area (Å²) in [6.07, 6.45) is 2.16. The van der Waals surface area contributed by atoms with Crippen molar-refractivity contribution in [3.63, 3.8) is 0 Å². The van der Waals surface area contributed by atoms with E-state index in [9.17, 15) is 4.79 Å². The molecule has 108 valence electrons. The summed E-state index contributed by atoms with van der Waals surface area (Å²) in [4.78, 5) is 17.1. The lowest BCUT2D eigenvalue weighted by Crippen LogP contribution is -2.43. The van der Waals surface area contributed by atoms with Gasteiger partial charge in [-0.05, 0) is 31.0 Å². The van der Waals surface area contributed by atoms with E-state index in [-0.39, 0.29) is 5.69 Å². The fourth-order valence-electron chi connectivity index (χ4n) is 3.02. The smallest absolute Gasteiger partial charge is 0.314 e. The number of hydrogen-bond donors (Lipinski definition) is 2. The van der Waals surface area contributed by atoms with Gasteiger partial charge in [0.1, 0.15) is 0 Å². The normalized spacial score (nSPS) is 16.9. The molecule has 1 aromatic carbocycles. The maximum atomic E-state index is 11.7. The van der Waals surface area contributed by atoms with Crippen LogP contribution in [0.3, 0.4) is 0 Å². The van der Waals surface area contributed by atoms with E-state index in [1.165, 1.54) is 5.56 Å². The van der Waals surface area contributed by atoms with Crippen molar-refractivity contribution in [2.45, 2.75) is 12.8 Å². The monoisotopic (exact) mass is 274 g/mol. The van der Waals surface area contributed by atoms with Gasteiger partial charge < -0.3 is 15.2 Å². The van der Waals surface area contributed by atoms with Crippen LogP contribution in [0, 0.1) is 0 Å². The molecule has 0 spiro atoms. The SMILES string of the molecule is Cn1c(=O)[nH]c2cccc(CCCN3CCNCC3)c21. The molecule has 0 aliphatic carbocycles. The summed E-state index contributed by atoms with van der Waals surface area (Å²) in [7, 11) is 1.83. The van der Waals surface area contributed by atoms with Gasteiger partial charge >= 0.3 is 5.69 Å². The number of aryl methyl sites for hydroxylation is 2. The summed E-state index contributed by atoms with van der Waals surface area (Å²) in [6, 6.07) is 6.13. The first kappa shape index (κ1) is 13.4. The molecule has 2 aromatic rings. The van der Waals surface area contributed by atoms with Crippen LogP contribution in [0.1, 0.15) is 12.0 Å². The maximum Gasteiger partial charge on any atom is 0.326 e. The molecule has 1 aromatic heterocycles. The van der Waals surface area contributed by atoms with Gasteiger partial charge in [0.25, 0.3) is 0 Å². The lowest BCUT2D eigenvalue weighted by molar-refractivity contribution is 0.238. The molecule has 0 unspecified atom stereocenters. The molecular formula is C15H22N4O. The van der Waals surface area contributed by atoms with Crippen LogP contribution in [0.4, 0.5) is 0 Å². The van der Waals surface area contributed by atoms with Crippen molar-refractivity contribution in [1.82, 2.24) is 19.8 Å². The summed E-state index contributed by atoms with van der Waals surface area (Å²) in [5.74, 6) is 0. The topological polar surface area (TPSA) is 53.1 Å². The molecule has 2 heterocycles. The van der Waals surface area contributed by atoms with Crippen LogP contribution in [0.2, 0.25) is 0 Å². The van der Waals surface area contributed by atoms with E-state index < -0.39 is 0 Å². The van der Waals surface area contributed by atoms with Gasteiger partial charge in [0.15, 0.2) is 0 Å². The molecule has 2 N–H and O–H groups in total. The van der Waals surface area contributed by atoms with Gasteiger partial charge in [0.2, 0.25) is 0 Å². The number of piperazine rings is 1. The van der Waals surface area contributed by atoms with E-state index in [4.69, 9.17) is 0 Å². The van der Waals surface area contributed by atoms with Crippen LogP contribution >= 0.6 is 0 Å². The van der Waals surface area contributed by atoms with Gasteiger partial charge in [0.05, 0.1) is 11.0 Å². The molecule has 3 rings (SSSR count). The molecule has 1 aliphatic rings. The average Bonchev–Trinajstić information content (AvgIpc) is 2.76. The first-order valence-electron chi connectivity index (χ1n) is 7.35. The molecule has 1 aliphatic heterocycles. The number of rotatable bonds is 4. The second kappa shape index (κ2) is 5.81. The van der Waals surface area contributed by atoms with E-state index in [2.05, 4.69) is 21.3 Å². The van der Waals surface area contributed by atoms with E-state index >= 15 is 0 Å². The average molecular weight is 274 g/mol. The third-order valence-corrected chi connectivity index (χ3v) is 4.13. The lowest BCUT2D eigenvalue weighted by atomic mass is 10.1. The highest BCUT2D eigenvalue weighted by atomic mass is 16.1. The van der Waals surface area contributed by atoms with Crippen LogP contribution in [0.15, 0.2) is 23.0 Å². The Kier molecular flexibility index (Phi) is 3.89. The molecule has 5 heteroatoms. The minimum absolute atomic E-state index is 0.0328. The molecule has 0 saturated carbocycles. The number of fused-ring (bicyclic) bond motifs is 1. The Morgan fingerprint density at radius 3 is 2.85 bits per heavy atom. The molecule has 0 bridgehead atoms. The third-order valence-electron chi connectivity index (χ3n) is 4.13. The van der Waals surface area contributed by atoms with E-state index in [0.717, 1.165) is 56.6 Å². The fraction of sp³-hybridized carbons (Fsp3) is 0.533. The van der Waals surface area contributed by atoms with Crippen LogP contribution in [0.25, 0.3) is 11.0 Å². The standard InChI is InChI=1S/C15H22N4O/c1-18-14-12(4-2-6-13(14)17-15(18)20)5-3-9-19-10-7-16-8-11-19/h2,4,6,16H,3,5,7-11H2,1H3,(H,17,20). The first-order chi connectivity index (χ1) is 9.75. The molecule has 0 atom stereocenters. The number of aromatic amines is 1. The van der Waals surface area contributed by atoms with Crippen LogP contribution < -0.4 is 11.0 Å². The van der Waals surface area contributed by atoms with Crippen molar-refractivity contribution in [1.29, 1.82) is 0 Å². The predicted octanol–water partition coefficient (Wildman–Crippen LogP) is 0.704. The zero-order valence-corrected chi connectivity index (χ0v) is 12.0. The molecule has 0 amide bonds. The van der Waals surface area contributed by atoms with Crippen LogP contribution in [-0.2, 0) is 13.5 Å². The van der Waals surface area contributed by atoms with Gasteiger partial charge in [-0.25, -0.2) is 4.79 Å². The number of benzene rings is 1. The van der Waals surface area contributed by atoms with Crippen molar-refractivity contribution in [3.05, 3.63) is 34.2 Å². The van der Waals surface area contributed by atoms with Gasteiger partial charge in [-0.15, -0.1) is 0 Å². The molecule has 5 nitrogen and oxygen atoms in total. The predicted molar refractivity (Wildman–Crippen MR) is 81.2 cm³/mol. The highest BCUT2D eigenvalue weighted by molar-refractivity contribution is 5.78. The summed E-state index contributed by atoms with van der Waals surface area (Å²) in [6.45, 7) is 5.62. The lowest BCUT2D eigenvalue weighted by Gasteiger charge is -2.27. The molecular weight excluding hydrogens is 252 g/mol. The van der Waals surface area contributed by atoms with Gasteiger partial charge in [-0.2, -0.15) is 0 Å². The Labute approximate surface area is 118 Å². The highest BCUT2D eigenvalue weighted by Crippen LogP contribution is 2.17. The van der Waals surface area contributed by atoms with E-state index in [1.807, 2.05) is 19.2 Å². The second-order valence-corrected chi connectivity index (χ2v) is 5.50. The summed E-state index contributed by atoms with van der Waals surface area (Å²) < 4.78 is 1.72. The van der Waals surface area contributed by atoms with Crippen molar-refractivity contribution < 1.29 is 0 Å². The van der Waals surface area contributed by atoms with Gasteiger partial charge in [-0.3, -0.25) is 4.57 Å². The molecule has 0 radical (unpaired) electrons. The van der Waals surface area contributed by atoms with E-state index in [1.54, 1.807) is 4.57 Å². The van der Waals surface area contributed by atoms with Crippen LogP contribution in [-0.4, -0.2) is 47.2 Å². The summed E-state index contributed by atoms with van der Waals surface area (Å²) in [5.41, 5.74) is 3.23. The number of H-pyrrole nitrogens is 1. The van der Waals surface area contributed by atoms with Gasteiger partial charge in [-0.1, -0.05) is 12.1 Å². The molecule has 1 saturated heterocycles. The minimum atomic E-state index is -0.0328. The van der Waals surface area contributed by atoms with Crippen molar-refractivity contribution in [2.24, 2.45) is 7.05 Å². The second-order valence-electron chi connectivity index (χ2n) is 5.50. The van der Waals surface area contributed by atoms with Crippen LogP contribution in [0.5, 0.6) is 0 Å². The largest absolute Gasteiger partial charge is 0.326 e. The molecule has 20 heavy (non-hydrogen) atoms. The Morgan fingerprint density at radius 1 is 1.25 bits per heavy atom. The zero-order valence-electron chi connectivity index (χ0n) is 12.0. The number of hydrogen-bond acceptors (Lipinski definition) is 3. The number of nitrogens with zero attached hydrogens (tertiary/aromatic N) is 2. The molecule has 1 fully saturated rings. The Morgan fingerprint density at radius 2 is 2.05 bits per heavy atom. The van der Waals surface area contributed by atoms with Crippen molar-refractivity contribution >= 4 is 11.0 Å². The zero-order chi connectivity index (χ0) is 13.9. The maximum absolute atomic E-state index is 11.7. The summed E-state index contributed by atoms with van der Waals surface area (Å²) in [5, 5.41) is 3.37. The van der Waals surface area contributed by atoms with Crippen molar-refractivity contribution in [3.8, 4) is 0 Å². The Balaban J connectivity index is 1.69. The minimum Gasteiger partial charge on any atom is -0.314 e.